The van der Waals surface area contributed by atoms with E-state index < -0.39 is 0 Å². The Morgan fingerprint density at radius 2 is 2.21 bits per heavy atom. The van der Waals surface area contributed by atoms with E-state index in [1.807, 2.05) is 11.6 Å². The van der Waals surface area contributed by atoms with Gasteiger partial charge in [-0.25, -0.2) is 0 Å². The molecule has 1 atom stereocenters. The predicted octanol–water partition coefficient (Wildman–Crippen LogP) is 2.97. The molecule has 0 aromatic carbocycles. The van der Waals surface area contributed by atoms with Gasteiger partial charge in [0.1, 0.15) is 0 Å². The summed E-state index contributed by atoms with van der Waals surface area (Å²) in [5.74, 6) is 0.481. The number of rotatable bonds is 3. The number of aromatic nitrogens is 1. The molecule has 0 amide bonds. The molecule has 0 radical (unpaired) electrons. The fraction of sp³-hybridized carbons (Fsp3) is 0.700. The van der Waals surface area contributed by atoms with Crippen molar-refractivity contribution < 1.29 is 0 Å². The standard InChI is InChI=1S/C10H16BrNOS/c1-10(2,3)8(6-11)7-12-4-5-14-9(12)13/h4-5,8H,6-7H2,1-3H3. The maximum atomic E-state index is 11.4. The highest BCUT2D eigenvalue weighted by atomic mass is 79.9. The van der Waals surface area contributed by atoms with Crippen molar-refractivity contribution in [2.75, 3.05) is 5.33 Å². The van der Waals surface area contributed by atoms with Gasteiger partial charge in [-0.2, -0.15) is 0 Å². The second kappa shape index (κ2) is 4.62. The van der Waals surface area contributed by atoms with Crippen molar-refractivity contribution in [3.8, 4) is 0 Å². The third-order valence-electron chi connectivity index (χ3n) is 2.47. The maximum Gasteiger partial charge on any atom is 0.307 e. The quantitative estimate of drug-likeness (QED) is 0.779. The Morgan fingerprint density at radius 3 is 2.57 bits per heavy atom. The monoisotopic (exact) mass is 277 g/mol. The molecule has 4 heteroatoms. The third-order valence-corrected chi connectivity index (χ3v) is 3.95. The summed E-state index contributed by atoms with van der Waals surface area (Å²) in [5.41, 5.74) is 0.227. The van der Waals surface area contributed by atoms with E-state index in [-0.39, 0.29) is 10.3 Å². The molecule has 0 spiro atoms. The summed E-state index contributed by atoms with van der Waals surface area (Å²) in [6, 6.07) is 0. The van der Waals surface area contributed by atoms with Gasteiger partial charge in [0.15, 0.2) is 0 Å². The molecule has 0 saturated heterocycles. The van der Waals surface area contributed by atoms with E-state index >= 15 is 0 Å². The first-order valence-corrected chi connectivity index (χ1v) is 6.65. The maximum absolute atomic E-state index is 11.4. The van der Waals surface area contributed by atoms with Gasteiger partial charge in [0, 0.05) is 23.5 Å². The second-order valence-corrected chi connectivity index (χ2v) is 6.04. The molecule has 0 aliphatic rings. The number of nitrogens with zero attached hydrogens (tertiary/aromatic N) is 1. The van der Waals surface area contributed by atoms with Gasteiger partial charge in [-0.1, -0.05) is 48.0 Å². The van der Waals surface area contributed by atoms with Gasteiger partial charge in [0.25, 0.3) is 0 Å². The highest BCUT2D eigenvalue weighted by Gasteiger charge is 2.24. The number of alkyl halides is 1. The Bertz CT molecular complexity index is 336. The van der Waals surface area contributed by atoms with E-state index in [0.29, 0.717) is 5.92 Å². The van der Waals surface area contributed by atoms with Crippen molar-refractivity contribution in [1.82, 2.24) is 4.57 Å². The van der Waals surface area contributed by atoms with E-state index in [2.05, 4.69) is 36.7 Å². The second-order valence-electron chi connectivity index (χ2n) is 4.54. The summed E-state index contributed by atoms with van der Waals surface area (Å²) < 4.78 is 1.79. The van der Waals surface area contributed by atoms with Gasteiger partial charge in [0.2, 0.25) is 0 Å². The summed E-state index contributed by atoms with van der Waals surface area (Å²) in [6.07, 6.45) is 1.87. The molecule has 0 aliphatic heterocycles. The Morgan fingerprint density at radius 1 is 1.57 bits per heavy atom. The van der Waals surface area contributed by atoms with Crippen molar-refractivity contribution in [3.63, 3.8) is 0 Å². The van der Waals surface area contributed by atoms with E-state index in [4.69, 9.17) is 0 Å². The summed E-state index contributed by atoms with van der Waals surface area (Å²) in [6.45, 7) is 7.42. The molecule has 0 bridgehead atoms. The van der Waals surface area contributed by atoms with Crippen LogP contribution in [0.15, 0.2) is 16.4 Å². The van der Waals surface area contributed by atoms with E-state index in [9.17, 15) is 4.79 Å². The lowest BCUT2D eigenvalue weighted by atomic mass is 9.82. The largest absolute Gasteiger partial charge is 0.307 e. The minimum absolute atomic E-state index is 0.139. The van der Waals surface area contributed by atoms with Gasteiger partial charge >= 0.3 is 4.87 Å². The van der Waals surface area contributed by atoms with E-state index in [0.717, 1.165) is 11.9 Å². The fourth-order valence-electron chi connectivity index (χ4n) is 1.22. The van der Waals surface area contributed by atoms with E-state index in [1.54, 1.807) is 4.57 Å². The molecule has 80 valence electrons. The van der Waals surface area contributed by atoms with Gasteiger partial charge in [-0.05, 0) is 11.3 Å². The first-order chi connectivity index (χ1) is 6.45. The van der Waals surface area contributed by atoms with Crippen molar-refractivity contribution >= 4 is 27.3 Å². The molecule has 1 aromatic rings. The van der Waals surface area contributed by atoms with Crippen LogP contribution in [0.2, 0.25) is 0 Å². The third kappa shape index (κ3) is 2.95. The molecule has 1 unspecified atom stereocenters. The lowest BCUT2D eigenvalue weighted by Crippen LogP contribution is -2.29. The van der Waals surface area contributed by atoms with Crippen LogP contribution in [0.1, 0.15) is 20.8 Å². The number of hydrogen-bond acceptors (Lipinski definition) is 2. The van der Waals surface area contributed by atoms with Crippen LogP contribution in [0.5, 0.6) is 0 Å². The van der Waals surface area contributed by atoms with Gasteiger partial charge in [-0.3, -0.25) is 4.79 Å². The van der Waals surface area contributed by atoms with Crippen LogP contribution in [-0.2, 0) is 6.54 Å². The smallest absolute Gasteiger partial charge is 0.306 e. The average Bonchev–Trinajstić information content (AvgIpc) is 2.45. The molecule has 14 heavy (non-hydrogen) atoms. The highest BCUT2D eigenvalue weighted by Crippen LogP contribution is 2.28. The van der Waals surface area contributed by atoms with Gasteiger partial charge < -0.3 is 4.57 Å². The van der Waals surface area contributed by atoms with Crippen LogP contribution in [0.3, 0.4) is 0 Å². The molecule has 1 aromatic heterocycles. The van der Waals surface area contributed by atoms with Crippen molar-refractivity contribution in [2.24, 2.45) is 11.3 Å². The summed E-state index contributed by atoms with van der Waals surface area (Å²) in [7, 11) is 0. The molecule has 2 nitrogen and oxygen atoms in total. The first kappa shape index (κ1) is 12.0. The van der Waals surface area contributed by atoms with Crippen LogP contribution in [-0.4, -0.2) is 9.90 Å². The SMILES string of the molecule is CC(C)(C)C(CBr)Cn1ccsc1=O. The van der Waals surface area contributed by atoms with Crippen LogP contribution < -0.4 is 4.87 Å². The zero-order valence-electron chi connectivity index (χ0n) is 8.79. The predicted molar refractivity (Wildman–Crippen MR) is 65.3 cm³/mol. The minimum Gasteiger partial charge on any atom is -0.306 e. The van der Waals surface area contributed by atoms with Gasteiger partial charge in [0.05, 0.1) is 0 Å². The Labute approximate surface area is 97.1 Å². The van der Waals surface area contributed by atoms with Crippen molar-refractivity contribution in [3.05, 3.63) is 21.2 Å². The molecule has 1 rings (SSSR count). The molecule has 0 N–H and O–H groups in total. The normalized spacial score (nSPS) is 14.3. The van der Waals surface area contributed by atoms with Crippen LogP contribution in [0, 0.1) is 11.3 Å². The molecule has 1 heterocycles. The minimum atomic E-state index is 0.139. The van der Waals surface area contributed by atoms with Crippen LogP contribution in [0.25, 0.3) is 0 Å². The average molecular weight is 278 g/mol. The number of thiazole rings is 1. The topological polar surface area (TPSA) is 22.0 Å². The molecule has 0 aliphatic carbocycles. The number of hydrogen-bond donors (Lipinski definition) is 0. The zero-order chi connectivity index (χ0) is 10.8. The number of halogens is 1. The Kier molecular flexibility index (Phi) is 3.95. The molecule has 0 fully saturated rings. The Balaban J connectivity index is 2.77. The molecular weight excluding hydrogens is 262 g/mol. The highest BCUT2D eigenvalue weighted by molar-refractivity contribution is 9.09. The lowest BCUT2D eigenvalue weighted by Gasteiger charge is -2.29. The Hall–Kier alpha value is -0.0900. The summed E-state index contributed by atoms with van der Waals surface area (Å²) in [5, 5.41) is 2.77. The summed E-state index contributed by atoms with van der Waals surface area (Å²) >= 11 is 4.77. The summed E-state index contributed by atoms with van der Waals surface area (Å²) in [4.78, 5) is 11.5. The van der Waals surface area contributed by atoms with Gasteiger partial charge in [-0.15, -0.1) is 0 Å². The fourth-order valence-corrected chi connectivity index (χ4v) is 2.99. The first-order valence-electron chi connectivity index (χ1n) is 4.65. The lowest BCUT2D eigenvalue weighted by molar-refractivity contribution is 0.238. The van der Waals surface area contributed by atoms with Crippen LogP contribution in [0.4, 0.5) is 0 Å². The molecular formula is C10H16BrNOS. The van der Waals surface area contributed by atoms with Crippen molar-refractivity contribution in [2.45, 2.75) is 27.3 Å². The molecule has 0 saturated carbocycles. The zero-order valence-corrected chi connectivity index (χ0v) is 11.2. The van der Waals surface area contributed by atoms with Crippen molar-refractivity contribution in [1.29, 1.82) is 0 Å². The van der Waals surface area contributed by atoms with E-state index in [1.165, 1.54) is 11.3 Å². The van der Waals surface area contributed by atoms with Crippen LogP contribution >= 0.6 is 27.3 Å².